The van der Waals surface area contributed by atoms with Crippen molar-refractivity contribution in [3.05, 3.63) is 15.6 Å². The van der Waals surface area contributed by atoms with Gasteiger partial charge in [-0.05, 0) is 57.8 Å². The van der Waals surface area contributed by atoms with E-state index in [2.05, 4.69) is 17.6 Å². The number of nitrogens with zero attached hydrogens (tertiary/aromatic N) is 1. The summed E-state index contributed by atoms with van der Waals surface area (Å²) < 4.78 is 5.86. The number of aromatic nitrogens is 1. The van der Waals surface area contributed by atoms with Gasteiger partial charge < -0.3 is 15.4 Å². The SMILES string of the molecule is C[C@@]1(NC(=O)NCCc2nc3c(s2)CCCC3)CCO[C@H]1C1CC1. The number of carbonyl (C=O) groups is 1. The first-order valence-corrected chi connectivity index (χ1v) is 10.1. The summed E-state index contributed by atoms with van der Waals surface area (Å²) in [6.45, 7) is 3.52. The highest BCUT2D eigenvalue weighted by molar-refractivity contribution is 7.11. The van der Waals surface area contributed by atoms with E-state index < -0.39 is 0 Å². The zero-order valence-electron chi connectivity index (χ0n) is 14.4. The highest BCUT2D eigenvalue weighted by Crippen LogP contribution is 2.43. The highest BCUT2D eigenvalue weighted by atomic mass is 32.1. The Kier molecular flexibility index (Phi) is 4.52. The van der Waals surface area contributed by atoms with Crippen molar-refractivity contribution in [3.63, 3.8) is 0 Å². The molecule has 1 aliphatic heterocycles. The maximum absolute atomic E-state index is 12.3. The van der Waals surface area contributed by atoms with Crippen LogP contribution in [-0.2, 0) is 24.0 Å². The summed E-state index contributed by atoms with van der Waals surface area (Å²) >= 11 is 1.83. The number of fused-ring (bicyclic) bond motifs is 1. The van der Waals surface area contributed by atoms with E-state index in [4.69, 9.17) is 9.72 Å². The van der Waals surface area contributed by atoms with Crippen molar-refractivity contribution in [1.82, 2.24) is 15.6 Å². The van der Waals surface area contributed by atoms with Crippen LogP contribution < -0.4 is 10.6 Å². The van der Waals surface area contributed by atoms with Gasteiger partial charge in [0.2, 0.25) is 0 Å². The van der Waals surface area contributed by atoms with Crippen molar-refractivity contribution in [2.45, 2.75) is 69.9 Å². The van der Waals surface area contributed by atoms with Gasteiger partial charge in [-0.25, -0.2) is 9.78 Å². The number of hydrogen-bond acceptors (Lipinski definition) is 4. The third-order valence-electron chi connectivity index (χ3n) is 5.51. The molecule has 3 aliphatic rings. The normalized spacial score (nSPS) is 29.3. The van der Waals surface area contributed by atoms with Crippen LogP contribution in [0, 0.1) is 5.92 Å². The average molecular weight is 350 g/mol. The van der Waals surface area contributed by atoms with Crippen molar-refractivity contribution < 1.29 is 9.53 Å². The number of ether oxygens (including phenoxy) is 1. The van der Waals surface area contributed by atoms with E-state index in [1.807, 2.05) is 11.3 Å². The summed E-state index contributed by atoms with van der Waals surface area (Å²) in [5.41, 5.74) is 1.08. The second kappa shape index (κ2) is 6.64. The molecule has 1 aromatic rings. The Bertz CT molecular complexity index is 590. The van der Waals surface area contributed by atoms with Crippen LogP contribution in [0.2, 0.25) is 0 Å². The Balaban J connectivity index is 1.25. The smallest absolute Gasteiger partial charge is 0.315 e. The molecule has 1 saturated heterocycles. The number of nitrogens with one attached hydrogen (secondary N) is 2. The molecule has 2 N–H and O–H groups in total. The lowest BCUT2D eigenvalue weighted by Crippen LogP contribution is -2.55. The molecule has 2 aliphatic carbocycles. The third kappa shape index (κ3) is 3.45. The molecule has 2 amide bonds. The van der Waals surface area contributed by atoms with Gasteiger partial charge >= 0.3 is 6.03 Å². The summed E-state index contributed by atoms with van der Waals surface area (Å²) in [6, 6.07) is -0.0741. The van der Waals surface area contributed by atoms with Crippen molar-refractivity contribution in [3.8, 4) is 0 Å². The van der Waals surface area contributed by atoms with Gasteiger partial charge in [-0.15, -0.1) is 11.3 Å². The molecular formula is C18H27N3O2S. The van der Waals surface area contributed by atoms with Crippen LogP contribution in [0.4, 0.5) is 4.79 Å². The molecule has 132 valence electrons. The Morgan fingerprint density at radius 2 is 2.21 bits per heavy atom. The van der Waals surface area contributed by atoms with E-state index in [-0.39, 0.29) is 17.7 Å². The van der Waals surface area contributed by atoms with Gasteiger partial charge in [-0.1, -0.05) is 0 Å². The van der Waals surface area contributed by atoms with Crippen LogP contribution in [0.15, 0.2) is 0 Å². The van der Waals surface area contributed by atoms with Gasteiger partial charge in [0.15, 0.2) is 0 Å². The largest absolute Gasteiger partial charge is 0.375 e. The van der Waals surface area contributed by atoms with E-state index in [9.17, 15) is 4.79 Å². The van der Waals surface area contributed by atoms with E-state index in [1.165, 1.54) is 42.7 Å². The Hall–Kier alpha value is -1.14. The minimum absolute atomic E-state index is 0.0741. The first kappa shape index (κ1) is 16.3. The summed E-state index contributed by atoms with van der Waals surface area (Å²) in [6.07, 6.45) is 9.25. The Labute approximate surface area is 147 Å². The number of rotatable bonds is 5. The van der Waals surface area contributed by atoms with Crippen LogP contribution in [0.1, 0.15) is 54.6 Å². The molecule has 0 spiro atoms. The number of urea groups is 1. The van der Waals surface area contributed by atoms with Gasteiger partial charge in [-0.2, -0.15) is 0 Å². The van der Waals surface area contributed by atoms with Gasteiger partial charge in [0.25, 0.3) is 0 Å². The first-order valence-electron chi connectivity index (χ1n) is 9.29. The van der Waals surface area contributed by atoms with E-state index in [1.54, 1.807) is 0 Å². The van der Waals surface area contributed by atoms with Gasteiger partial charge in [0.1, 0.15) is 0 Å². The fourth-order valence-corrected chi connectivity index (χ4v) is 5.17. The lowest BCUT2D eigenvalue weighted by molar-refractivity contribution is 0.0591. The maximum Gasteiger partial charge on any atom is 0.315 e. The van der Waals surface area contributed by atoms with Gasteiger partial charge in [-0.3, -0.25) is 0 Å². The van der Waals surface area contributed by atoms with E-state index in [0.29, 0.717) is 12.5 Å². The van der Waals surface area contributed by atoms with Crippen molar-refractivity contribution in [2.75, 3.05) is 13.2 Å². The molecule has 5 nitrogen and oxygen atoms in total. The zero-order valence-corrected chi connectivity index (χ0v) is 15.2. The molecule has 0 bridgehead atoms. The summed E-state index contributed by atoms with van der Waals surface area (Å²) in [5, 5.41) is 7.34. The predicted molar refractivity (Wildman–Crippen MR) is 94.5 cm³/mol. The number of aryl methyl sites for hydroxylation is 2. The van der Waals surface area contributed by atoms with Crippen LogP contribution in [0.25, 0.3) is 0 Å². The predicted octanol–water partition coefficient (Wildman–Crippen LogP) is 2.82. The first-order chi connectivity index (χ1) is 11.6. The summed E-state index contributed by atoms with van der Waals surface area (Å²) in [5.74, 6) is 0.638. The van der Waals surface area contributed by atoms with Crippen molar-refractivity contribution in [2.24, 2.45) is 5.92 Å². The number of thiazole rings is 1. The Morgan fingerprint density at radius 3 is 3.00 bits per heavy atom. The molecular weight excluding hydrogens is 322 g/mol. The molecule has 1 saturated carbocycles. The quantitative estimate of drug-likeness (QED) is 0.859. The molecule has 2 fully saturated rings. The van der Waals surface area contributed by atoms with Crippen molar-refractivity contribution in [1.29, 1.82) is 0 Å². The topological polar surface area (TPSA) is 63.2 Å². The fourth-order valence-electron chi connectivity index (χ4n) is 4.01. The Morgan fingerprint density at radius 1 is 1.38 bits per heavy atom. The summed E-state index contributed by atoms with van der Waals surface area (Å²) in [4.78, 5) is 18.5. The van der Waals surface area contributed by atoms with Crippen LogP contribution in [0.3, 0.4) is 0 Å². The monoisotopic (exact) mass is 349 g/mol. The fraction of sp³-hybridized carbons (Fsp3) is 0.778. The zero-order chi connectivity index (χ0) is 16.6. The molecule has 1 aromatic heterocycles. The number of carbonyl (C=O) groups excluding carboxylic acids is 1. The molecule has 4 rings (SSSR count). The minimum Gasteiger partial charge on any atom is -0.375 e. The molecule has 2 heterocycles. The lowest BCUT2D eigenvalue weighted by atomic mass is 9.90. The average Bonchev–Trinajstić information content (AvgIpc) is 3.19. The molecule has 0 radical (unpaired) electrons. The second-order valence-electron chi connectivity index (χ2n) is 7.61. The van der Waals surface area contributed by atoms with Gasteiger partial charge in [0.05, 0.1) is 22.3 Å². The molecule has 6 heteroatoms. The highest BCUT2D eigenvalue weighted by Gasteiger charge is 2.48. The van der Waals surface area contributed by atoms with Gasteiger partial charge in [0, 0.05) is 24.4 Å². The van der Waals surface area contributed by atoms with Crippen LogP contribution in [0.5, 0.6) is 0 Å². The molecule has 24 heavy (non-hydrogen) atoms. The standard InChI is InChI=1S/C18H27N3O2S/c1-18(9-11-23-16(18)12-6-7-12)21-17(22)19-10-8-15-20-13-4-2-3-5-14(13)24-15/h12,16H,2-11H2,1H3,(H2,19,21,22)/t16-,18+/m0/s1. The number of amides is 2. The third-order valence-corrected chi connectivity index (χ3v) is 6.73. The molecule has 2 atom stereocenters. The summed E-state index contributed by atoms with van der Waals surface area (Å²) in [7, 11) is 0. The van der Waals surface area contributed by atoms with E-state index in [0.717, 1.165) is 30.9 Å². The maximum atomic E-state index is 12.3. The molecule has 0 unspecified atom stereocenters. The number of hydrogen-bond donors (Lipinski definition) is 2. The lowest BCUT2D eigenvalue weighted by Gasteiger charge is -2.31. The van der Waals surface area contributed by atoms with Crippen molar-refractivity contribution >= 4 is 17.4 Å². The van der Waals surface area contributed by atoms with Crippen LogP contribution >= 0.6 is 11.3 Å². The second-order valence-corrected chi connectivity index (χ2v) is 8.78. The minimum atomic E-state index is -0.217. The van der Waals surface area contributed by atoms with E-state index >= 15 is 0 Å². The molecule has 0 aromatic carbocycles. The van der Waals surface area contributed by atoms with Crippen LogP contribution in [-0.4, -0.2) is 35.8 Å².